The predicted octanol–water partition coefficient (Wildman–Crippen LogP) is 3.30. The molecule has 1 aromatic rings. The minimum absolute atomic E-state index is 0.0375. The van der Waals surface area contributed by atoms with Crippen molar-refractivity contribution >= 4 is 11.8 Å². The van der Waals surface area contributed by atoms with Gasteiger partial charge < -0.3 is 25.2 Å². The second kappa shape index (κ2) is 13.2. The minimum atomic E-state index is -0.822. The number of amides is 2. The van der Waals surface area contributed by atoms with E-state index < -0.39 is 30.3 Å². The highest BCUT2D eigenvalue weighted by molar-refractivity contribution is 5.80. The Morgan fingerprint density at radius 1 is 1.15 bits per heavy atom. The van der Waals surface area contributed by atoms with Crippen LogP contribution in [-0.4, -0.2) is 64.9 Å². The smallest absolute Gasteiger partial charge is 0.225 e. The van der Waals surface area contributed by atoms with Crippen molar-refractivity contribution in [3.63, 3.8) is 0 Å². The Bertz CT molecular complexity index is 774. The van der Waals surface area contributed by atoms with E-state index >= 15 is 0 Å². The highest BCUT2D eigenvalue weighted by atomic mass is 16.5. The van der Waals surface area contributed by atoms with E-state index in [2.05, 4.69) is 19.2 Å². The Kier molecular flexibility index (Phi) is 11.0. The minimum Gasteiger partial charge on any atom is -0.392 e. The van der Waals surface area contributed by atoms with Crippen LogP contribution in [-0.2, 0) is 14.3 Å². The first-order valence-corrected chi connectivity index (χ1v) is 12.7. The second-order valence-electron chi connectivity index (χ2n) is 9.95. The maximum atomic E-state index is 13.1. The van der Waals surface area contributed by atoms with Crippen LogP contribution in [0.25, 0.3) is 0 Å². The standard InChI is InChI=1S/C27H44N2O5/c1-7-17(2)18(3)23(30)16-24(31)29-15-11-14-22(29)26(34-6)19(4)27(33)28-20(5)25(32)21-12-9-8-10-13-21/h8-10,12-13,17-20,22-23,25-26,30,32H,7,11,14-16H2,1-6H3,(H,28,33). The first-order chi connectivity index (χ1) is 16.1. The van der Waals surface area contributed by atoms with Crippen LogP contribution in [0.3, 0.4) is 0 Å². The lowest BCUT2D eigenvalue weighted by Gasteiger charge is -2.35. The fourth-order valence-corrected chi connectivity index (χ4v) is 4.89. The quantitative estimate of drug-likeness (QED) is 0.430. The molecule has 1 aromatic carbocycles. The van der Waals surface area contributed by atoms with Crippen LogP contribution >= 0.6 is 0 Å². The van der Waals surface area contributed by atoms with Gasteiger partial charge in [-0.3, -0.25) is 9.59 Å². The lowest BCUT2D eigenvalue weighted by Crippen LogP contribution is -2.51. The summed E-state index contributed by atoms with van der Waals surface area (Å²) in [5, 5.41) is 24.1. The molecule has 2 amide bonds. The van der Waals surface area contributed by atoms with Gasteiger partial charge in [-0.25, -0.2) is 0 Å². The number of benzene rings is 1. The number of ether oxygens (including phenoxy) is 1. The number of nitrogens with zero attached hydrogens (tertiary/aromatic N) is 1. The molecule has 0 spiro atoms. The topological polar surface area (TPSA) is 99.1 Å². The van der Waals surface area contributed by atoms with Gasteiger partial charge in [-0.2, -0.15) is 0 Å². The summed E-state index contributed by atoms with van der Waals surface area (Å²) >= 11 is 0. The van der Waals surface area contributed by atoms with E-state index in [4.69, 9.17) is 4.74 Å². The molecule has 3 N–H and O–H groups in total. The largest absolute Gasteiger partial charge is 0.392 e. The summed E-state index contributed by atoms with van der Waals surface area (Å²) in [5.74, 6) is -0.458. The first kappa shape index (κ1) is 28.3. The zero-order chi connectivity index (χ0) is 25.4. The number of likely N-dealkylation sites (tertiary alicyclic amines) is 1. The van der Waals surface area contributed by atoms with Gasteiger partial charge >= 0.3 is 0 Å². The first-order valence-electron chi connectivity index (χ1n) is 12.7. The number of hydrogen-bond acceptors (Lipinski definition) is 5. The number of aliphatic hydroxyl groups excluding tert-OH is 2. The summed E-state index contributed by atoms with van der Waals surface area (Å²) in [6, 6.07) is 8.53. The van der Waals surface area contributed by atoms with Gasteiger partial charge in [0.05, 0.1) is 42.7 Å². The lowest BCUT2D eigenvalue weighted by molar-refractivity contribution is -0.142. The molecule has 1 heterocycles. The van der Waals surface area contributed by atoms with Crippen LogP contribution in [0.2, 0.25) is 0 Å². The molecule has 7 heteroatoms. The van der Waals surface area contributed by atoms with Crippen molar-refractivity contribution in [2.45, 2.75) is 90.7 Å². The van der Waals surface area contributed by atoms with Gasteiger partial charge in [0.25, 0.3) is 0 Å². The summed E-state index contributed by atoms with van der Waals surface area (Å²) in [5.41, 5.74) is 0.740. The number of nitrogens with one attached hydrogen (secondary N) is 1. The number of methoxy groups -OCH3 is 1. The average molecular weight is 477 g/mol. The van der Waals surface area contributed by atoms with Crippen molar-refractivity contribution in [1.82, 2.24) is 10.2 Å². The zero-order valence-electron chi connectivity index (χ0n) is 21.6. The van der Waals surface area contributed by atoms with Crippen molar-refractivity contribution in [2.24, 2.45) is 17.8 Å². The number of aliphatic hydroxyl groups is 2. The lowest BCUT2D eigenvalue weighted by atomic mass is 9.87. The fourth-order valence-electron chi connectivity index (χ4n) is 4.89. The maximum absolute atomic E-state index is 13.1. The van der Waals surface area contributed by atoms with Gasteiger partial charge in [-0.15, -0.1) is 0 Å². The monoisotopic (exact) mass is 476 g/mol. The predicted molar refractivity (Wildman–Crippen MR) is 133 cm³/mol. The Hall–Kier alpha value is -1.96. The van der Waals surface area contributed by atoms with Gasteiger partial charge in [0.1, 0.15) is 0 Å². The molecule has 2 rings (SSSR count). The molecule has 1 saturated heterocycles. The SMILES string of the molecule is CCC(C)C(C)C(O)CC(=O)N1CCCC1C(OC)C(C)C(=O)NC(C)C(O)c1ccccc1. The molecule has 8 atom stereocenters. The van der Waals surface area contributed by atoms with Crippen LogP contribution in [0.5, 0.6) is 0 Å². The highest BCUT2D eigenvalue weighted by Gasteiger charge is 2.40. The Morgan fingerprint density at radius 3 is 2.38 bits per heavy atom. The van der Waals surface area contributed by atoms with Crippen LogP contribution in [0.4, 0.5) is 0 Å². The molecule has 0 bridgehead atoms. The van der Waals surface area contributed by atoms with Crippen molar-refractivity contribution in [2.75, 3.05) is 13.7 Å². The molecule has 192 valence electrons. The van der Waals surface area contributed by atoms with Crippen LogP contribution < -0.4 is 5.32 Å². The van der Waals surface area contributed by atoms with E-state index in [0.29, 0.717) is 12.5 Å². The van der Waals surface area contributed by atoms with Crippen molar-refractivity contribution in [3.05, 3.63) is 35.9 Å². The molecule has 1 aliphatic rings. The number of carbonyl (C=O) groups is 2. The van der Waals surface area contributed by atoms with Crippen molar-refractivity contribution in [3.8, 4) is 0 Å². The number of hydrogen-bond donors (Lipinski definition) is 3. The summed E-state index contributed by atoms with van der Waals surface area (Å²) in [4.78, 5) is 27.9. The Labute approximate surface area is 204 Å². The molecule has 0 saturated carbocycles. The van der Waals surface area contributed by atoms with E-state index in [0.717, 1.165) is 24.8 Å². The third-order valence-electron chi connectivity index (χ3n) is 7.69. The van der Waals surface area contributed by atoms with Gasteiger partial charge in [-0.1, -0.05) is 64.4 Å². The molecule has 1 aliphatic heterocycles. The summed E-state index contributed by atoms with van der Waals surface area (Å²) < 4.78 is 5.75. The van der Waals surface area contributed by atoms with Gasteiger partial charge in [-0.05, 0) is 37.2 Å². The van der Waals surface area contributed by atoms with Gasteiger partial charge in [0, 0.05) is 13.7 Å². The molecule has 0 aliphatic carbocycles. The second-order valence-corrected chi connectivity index (χ2v) is 9.95. The van der Waals surface area contributed by atoms with Crippen LogP contribution in [0, 0.1) is 17.8 Å². The van der Waals surface area contributed by atoms with E-state index in [1.54, 1.807) is 25.9 Å². The van der Waals surface area contributed by atoms with E-state index in [1.807, 2.05) is 37.3 Å². The molecule has 0 aromatic heterocycles. The van der Waals surface area contributed by atoms with Crippen LogP contribution in [0.1, 0.15) is 72.0 Å². The van der Waals surface area contributed by atoms with Crippen molar-refractivity contribution < 1.29 is 24.5 Å². The molecule has 34 heavy (non-hydrogen) atoms. The van der Waals surface area contributed by atoms with E-state index in [9.17, 15) is 19.8 Å². The Morgan fingerprint density at radius 2 is 1.79 bits per heavy atom. The third-order valence-corrected chi connectivity index (χ3v) is 7.69. The summed E-state index contributed by atoms with van der Waals surface area (Å²) in [6.07, 6.45) is 0.638. The highest BCUT2D eigenvalue weighted by Crippen LogP contribution is 2.29. The van der Waals surface area contributed by atoms with Gasteiger partial charge in [0.2, 0.25) is 11.8 Å². The number of carbonyl (C=O) groups excluding carboxylic acids is 2. The molecular formula is C27H44N2O5. The normalized spacial score (nSPS) is 22.4. The fraction of sp³-hybridized carbons (Fsp3) is 0.704. The van der Waals surface area contributed by atoms with Crippen LogP contribution in [0.15, 0.2) is 30.3 Å². The zero-order valence-corrected chi connectivity index (χ0v) is 21.6. The molecular weight excluding hydrogens is 432 g/mol. The molecule has 0 radical (unpaired) electrons. The molecule has 8 unspecified atom stereocenters. The maximum Gasteiger partial charge on any atom is 0.225 e. The average Bonchev–Trinajstić information content (AvgIpc) is 3.32. The third kappa shape index (κ3) is 7.03. The van der Waals surface area contributed by atoms with Gasteiger partial charge in [0.15, 0.2) is 0 Å². The summed E-state index contributed by atoms with van der Waals surface area (Å²) in [6.45, 7) is 10.3. The summed E-state index contributed by atoms with van der Waals surface area (Å²) in [7, 11) is 1.57. The van der Waals surface area contributed by atoms with E-state index in [-0.39, 0.29) is 30.2 Å². The number of rotatable bonds is 12. The van der Waals surface area contributed by atoms with E-state index in [1.165, 1.54) is 0 Å². The molecule has 1 fully saturated rings. The molecule has 7 nitrogen and oxygen atoms in total. The van der Waals surface area contributed by atoms with Crippen molar-refractivity contribution in [1.29, 1.82) is 0 Å². The Balaban J connectivity index is 2.02.